The summed E-state index contributed by atoms with van der Waals surface area (Å²) in [5.41, 5.74) is 2.05. The van der Waals surface area contributed by atoms with Crippen molar-refractivity contribution in [1.29, 1.82) is 0 Å². The lowest BCUT2D eigenvalue weighted by atomic mass is 9.84. The second-order valence-electron chi connectivity index (χ2n) is 6.01. The molecule has 100 valence electrons. The van der Waals surface area contributed by atoms with Gasteiger partial charge in [-0.25, -0.2) is 4.52 Å². The summed E-state index contributed by atoms with van der Waals surface area (Å²) in [6, 6.07) is 5.93. The fourth-order valence-corrected chi connectivity index (χ4v) is 2.20. The summed E-state index contributed by atoms with van der Waals surface area (Å²) in [4.78, 5) is 0. The molecule has 0 aromatic carbocycles. The molecule has 0 bridgehead atoms. The van der Waals surface area contributed by atoms with Crippen LogP contribution in [0.4, 0.5) is 0 Å². The number of fused-ring (bicyclic) bond motifs is 1. The maximum atomic E-state index is 6.06. The molecule has 3 rings (SSSR count). The van der Waals surface area contributed by atoms with Crippen molar-refractivity contribution in [2.45, 2.75) is 45.8 Å². The molecule has 19 heavy (non-hydrogen) atoms. The third-order valence-electron chi connectivity index (χ3n) is 4.14. The van der Waals surface area contributed by atoms with Crippen LogP contribution in [0.1, 0.15) is 33.4 Å². The van der Waals surface area contributed by atoms with Crippen LogP contribution in [0, 0.1) is 6.92 Å². The minimum absolute atomic E-state index is 0.352. The molecule has 0 spiro atoms. The fraction of sp³-hybridized carbons (Fsp3) is 0.538. The van der Waals surface area contributed by atoms with Gasteiger partial charge >= 0.3 is 7.12 Å². The first-order chi connectivity index (χ1) is 8.82. The molecule has 0 aliphatic carbocycles. The van der Waals surface area contributed by atoms with E-state index in [1.54, 1.807) is 4.52 Å². The highest BCUT2D eigenvalue weighted by molar-refractivity contribution is 6.61. The minimum atomic E-state index is -0.421. The zero-order chi connectivity index (χ0) is 13.8. The molecular weight excluding hydrogens is 241 g/mol. The van der Waals surface area contributed by atoms with Crippen molar-refractivity contribution in [3.63, 3.8) is 0 Å². The van der Waals surface area contributed by atoms with Gasteiger partial charge in [0, 0.05) is 0 Å². The molecule has 1 fully saturated rings. The van der Waals surface area contributed by atoms with Crippen LogP contribution in [0.5, 0.6) is 0 Å². The Balaban J connectivity index is 2.07. The van der Waals surface area contributed by atoms with Gasteiger partial charge in [-0.2, -0.15) is 0 Å². The van der Waals surface area contributed by atoms with E-state index in [1.807, 2.05) is 52.8 Å². The van der Waals surface area contributed by atoms with E-state index in [1.165, 1.54) is 0 Å². The maximum absolute atomic E-state index is 6.06. The first kappa shape index (κ1) is 12.6. The summed E-state index contributed by atoms with van der Waals surface area (Å²) < 4.78 is 13.9. The van der Waals surface area contributed by atoms with E-state index in [0.717, 1.165) is 16.8 Å². The van der Waals surface area contributed by atoms with Gasteiger partial charge in [0.2, 0.25) is 0 Å². The predicted molar refractivity (Wildman–Crippen MR) is 73.4 cm³/mol. The van der Waals surface area contributed by atoms with Crippen LogP contribution in [0.25, 0.3) is 5.52 Å². The topological polar surface area (TPSA) is 48.7 Å². The molecule has 0 N–H and O–H groups in total. The monoisotopic (exact) mass is 259 g/mol. The second-order valence-corrected chi connectivity index (χ2v) is 6.01. The summed E-state index contributed by atoms with van der Waals surface area (Å²) in [5, 5.41) is 8.27. The van der Waals surface area contributed by atoms with Crippen molar-refractivity contribution in [2.24, 2.45) is 0 Å². The summed E-state index contributed by atoms with van der Waals surface area (Å²) in [7, 11) is -0.421. The van der Waals surface area contributed by atoms with E-state index in [-0.39, 0.29) is 11.2 Å². The Labute approximate surface area is 113 Å². The van der Waals surface area contributed by atoms with Gasteiger partial charge in [0.25, 0.3) is 0 Å². The molecule has 5 nitrogen and oxygen atoms in total. The Morgan fingerprint density at radius 1 is 1.11 bits per heavy atom. The molecule has 0 radical (unpaired) electrons. The summed E-state index contributed by atoms with van der Waals surface area (Å²) in [6.45, 7) is 10.1. The smallest absolute Gasteiger partial charge is 0.398 e. The molecule has 2 aromatic rings. The number of rotatable bonds is 1. The lowest BCUT2D eigenvalue weighted by Gasteiger charge is -2.32. The van der Waals surface area contributed by atoms with Crippen LogP contribution in [0.2, 0.25) is 0 Å². The first-order valence-electron chi connectivity index (χ1n) is 6.48. The molecule has 1 aliphatic heterocycles. The Morgan fingerprint density at radius 2 is 1.74 bits per heavy atom. The average Bonchev–Trinajstić information content (AvgIpc) is 2.78. The fourth-order valence-electron chi connectivity index (χ4n) is 2.20. The van der Waals surface area contributed by atoms with Crippen molar-refractivity contribution >= 4 is 18.2 Å². The van der Waals surface area contributed by atoms with Crippen molar-refractivity contribution in [3.05, 3.63) is 23.9 Å². The van der Waals surface area contributed by atoms with Gasteiger partial charge in [-0.1, -0.05) is 11.3 Å². The first-order valence-corrected chi connectivity index (χ1v) is 6.48. The van der Waals surface area contributed by atoms with Crippen LogP contribution in [-0.2, 0) is 9.31 Å². The predicted octanol–water partition coefficient (Wildman–Crippen LogP) is 1.34. The van der Waals surface area contributed by atoms with Crippen molar-refractivity contribution in [2.75, 3.05) is 0 Å². The van der Waals surface area contributed by atoms with E-state index < -0.39 is 7.12 Å². The molecule has 1 aliphatic rings. The lowest BCUT2D eigenvalue weighted by Crippen LogP contribution is -2.41. The van der Waals surface area contributed by atoms with Gasteiger partial charge in [-0.15, -0.1) is 5.10 Å². The van der Waals surface area contributed by atoms with E-state index in [4.69, 9.17) is 9.31 Å². The number of nitrogens with zero attached hydrogens (tertiary/aromatic N) is 3. The summed E-state index contributed by atoms with van der Waals surface area (Å²) >= 11 is 0. The highest BCUT2D eigenvalue weighted by atomic mass is 16.7. The number of pyridine rings is 1. The normalized spacial score (nSPS) is 21.2. The molecule has 0 atom stereocenters. The molecule has 0 unspecified atom stereocenters. The number of aromatic nitrogens is 3. The Hall–Kier alpha value is -1.40. The van der Waals surface area contributed by atoms with E-state index >= 15 is 0 Å². The standard InChI is InChI=1S/C13H18BN3O2/c1-9-10-7-6-8-11(17(10)16-15-9)14-18-12(2,3)13(4,5)19-14/h6-8H,1-5H3. The van der Waals surface area contributed by atoms with Crippen molar-refractivity contribution in [3.8, 4) is 0 Å². The second kappa shape index (κ2) is 3.80. The molecule has 2 aromatic heterocycles. The zero-order valence-corrected chi connectivity index (χ0v) is 12.0. The van der Waals surface area contributed by atoms with Crippen molar-refractivity contribution < 1.29 is 9.31 Å². The maximum Gasteiger partial charge on any atom is 0.514 e. The highest BCUT2D eigenvalue weighted by Crippen LogP contribution is 2.36. The summed E-state index contributed by atoms with van der Waals surface area (Å²) in [5.74, 6) is 0. The molecule has 0 saturated carbocycles. The van der Waals surface area contributed by atoms with Crippen LogP contribution in [0.15, 0.2) is 18.2 Å². The van der Waals surface area contributed by atoms with Gasteiger partial charge in [0.05, 0.1) is 28.0 Å². The van der Waals surface area contributed by atoms with Gasteiger partial charge in [-0.05, 0) is 46.8 Å². The van der Waals surface area contributed by atoms with Gasteiger partial charge < -0.3 is 9.31 Å². The van der Waals surface area contributed by atoms with Crippen LogP contribution < -0.4 is 5.59 Å². The molecular formula is C13H18BN3O2. The number of hydrogen-bond donors (Lipinski definition) is 0. The van der Waals surface area contributed by atoms with Gasteiger partial charge in [0.15, 0.2) is 0 Å². The molecule has 0 amide bonds. The Kier molecular flexibility index (Phi) is 2.53. The highest BCUT2D eigenvalue weighted by Gasteiger charge is 2.52. The zero-order valence-electron chi connectivity index (χ0n) is 12.0. The Morgan fingerprint density at radius 3 is 2.37 bits per heavy atom. The minimum Gasteiger partial charge on any atom is -0.398 e. The largest absolute Gasteiger partial charge is 0.514 e. The van der Waals surface area contributed by atoms with E-state index in [2.05, 4.69) is 10.3 Å². The van der Waals surface area contributed by atoms with Gasteiger partial charge in [-0.3, -0.25) is 0 Å². The molecule has 3 heterocycles. The number of aryl methyl sites for hydroxylation is 1. The quantitative estimate of drug-likeness (QED) is 0.725. The van der Waals surface area contributed by atoms with Crippen LogP contribution in [-0.4, -0.2) is 33.1 Å². The van der Waals surface area contributed by atoms with E-state index in [0.29, 0.717) is 0 Å². The Bertz CT molecular complexity index is 620. The van der Waals surface area contributed by atoms with Gasteiger partial charge in [0.1, 0.15) is 0 Å². The average molecular weight is 259 g/mol. The van der Waals surface area contributed by atoms with Crippen LogP contribution >= 0.6 is 0 Å². The third-order valence-corrected chi connectivity index (χ3v) is 4.14. The van der Waals surface area contributed by atoms with E-state index in [9.17, 15) is 0 Å². The third kappa shape index (κ3) is 1.78. The van der Waals surface area contributed by atoms with Crippen molar-refractivity contribution in [1.82, 2.24) is 14.8 Å². The molecule has 1 saturated heterocycles. The summed E-state index contributed by atoms with van der Waals surface area (Å²) in [6.07, 6.45) is 0. The number of hydrogen-bond acceptors (Lipinski definition) is 4. The lowest BCUT2D eigenvalue weighted by molar-refractivity contribution is 0.00578. The molecule has 6 heteroatoms. The SMILES string of the molecule is Cc1nnn2c(B3OC(C)(C)C(C)(C)O3)cccc12. The van der Waals surface area contributed by atoms with Crippen LogP contribution in [0.3, 0.4) is 0 Å².